The van der Waals surface area contributed by atoms with Crippen LogP contribution in [0.15, 0.2) is 24.3 Å². The Labute approximate surface area is 88.1 Å². The van der Waals surface area contributed by atoms with Crippen molar-refractivity contribution in [2.45, 2.75) is 0 Å². The Morgan fingerprint density at radius 3 is 2.57 bits per heavy atom. The zero-order valence-electron chi connectivity index (χ0n) is 7.69. The predicted octanol–water partition coefficient (Wildman–Crippen LogP) is -0.717. The molecule has 6 heteroatoms. The standard InChI is InChI=1S/C8H11BN2O2S/c1-10-8(14)11-7-5-3-2-4-6(7)9(12)13/h2-5,12-13H,1H3,(H2,10,11,14). The maximum Gasteiger partial charge on any atom is 0.490 e. The van der Waals surface area contributed by atoms with E-state index in [-0.39, 0.29) is 0 Å². The summed E-state index contributed by atoms with van der Waals surface area (Å²) in [6, 6.07) is 6.85. The first kappa shape index (κ1) is 11.0. The van der Waals surface area contributed by atoms with Gasteiger partial charge in [-0.25, -0.2) is 0 Å². The number of thiocarbonyl (C=S) groups is 1. The van der Waals surface area contributed by atoms with Crippen molar-refractivity contribution in [3.05, 3.63) is 24.3 Å². The number of hydrogen-bond donors (Lipinski definition) is 4. The minimum atomic E-state index is -1.50. The third kappa shape index (κ3) is 2.70. The summed E-state index contributed by atoms with van der Waals surface area (Å²) < 4.78 is 0. The number of nitrogens with one attached hydrogen (secondary N) is 2. The molecule has 0 fully saturated rings. The summed E-state index contributed by atoms with van der Waals surface area (Å²) in [5, 5.41) is 24.1. The van der Waals surface area contributed by atoms with E-state index in [0.717, 1.165) is 0 Å². The summed E-state index contributed by atoms with van der Waals surface area (Å²) in [5.41, 5.74) is 0.979. The molecule has 0 heterocycles. The lowest BCUT2D eigenvalue weighted by atomic mass is 9.79. The molecule has 1 aromatic carbocycles. The van der Waals surface area contributed by atoms with Crippen LogP contribution >= 0.6 is 12.2 Å². The summed E-state index contributed by atoms with van der Waals surface area (Å²) in [5.74, 6) is 0. The minimum Gasteiger partial charge on any atom is -0.423 e. The van der Waals surface area contributed by atoms with Crippen molar-refractivity contribution in [3.63, 3.8) is 0 Å². The second kappa shape index (κ2) is 4.95. The van der Waals surface area contributed by atoms with Crippen molar-refractivity contribution < 1.29 is 10.0 Å². The van der Waals surface area contributed by atoms with Gasteiger partial charge in [-0.3, -0.25) is 0 Å². The van der Waals surface area contributed by atoms with Crippen LogP contribution in [0.25, 0.3) is 0 Å². The number of benzene rings is 1. The first-order chi connectivity index (χ1) is 6.65. The van der Waals surface area contributed by atoms with E-state index in [2.05, 4.69) is 10.6 Å². The largest absolute Gasteiger partial charge is 0.490 e. The van der Waals surface area contributed by atoms with E-state index in [9.17, 15) is 0 Å². The maximum atomic E-state index is 9.04. The second-order valence-corrected chi connectivity index (χ2v) is 3.07. The molecule has 0 amide bonds. The van der Waals surface area contributed by atoms with Gasteiger partial charge in [0.2, 0.25) is 0 Å². The molecule has 0 saturated carbocycles. The summed E-state index contributed by atoms with van der Waals surface area (Å²) in [7, 11) is 0.186. The zero-order valence-corrected chi connectivity index (χ0v) is 8.51. The molecular weight excluding hydrogens is 199 g/mol. The average Bonchev–Trinajstić information content (AvgIpc) is 2.18. The molecule has 74 valence electrons. The molecule has 1 aromatic rings. The SMILES string of the molecule is CNC(=S)Nc1ccccc1B(O)O. The Bertz CT molecular complexity index is 333. The van der Waals surface area contributed by atoms with Gasteiger partial charge in [0, 0.05) is 18.2 Å². The first-order valence-electron chi connectivity index (χ1n) is 4.09. The Kier molecular flexibility index (Phi) is 3.88. The maximum absolute atomic E-state index is 9.04. The van der Waals surface area contributed by atoms with Crippen molar-refractivity contribution in [2.24, 2.45) is 0 Å². The smallest absolute Gasteiger partial charge is 0.423 e. The lowest BCUT2D eigenvalue weighted by molar-refractivity contribution is 0.426. The van der Waals surface area contributed by atoms with E-state index in [1.807, 2.05) is 0 Å². The van der Waals surface area contributed by atoms with Crippen LogP contribution in [0.1, 0.15) is 0 Å². The number of hydrogen-bond acceptors (Lipinski definition) is 3. The molecule has 0 aliphatic heterocycles. The van der Waals surface area contributed by atoms with Crippen LogP contribution < -0.4 is 16.1 Å². The normalized spacial score (nSPS) is 9.36. The quantitative estimate of drug-likeness (QED) is 0.383. The van der Waals surface area contributed by atoms with Crippen LogP contribution in [-0.4, -0.2) is 29.3 Å². The van der Waals surface area contributed by atoms with Crippen LogP contribution in [0.4, 0.5) is 5.69 Å². The summed E-state index contributed by atoms with van der Waals surface area (Å²) in [6.45, 7) is 0. The van der Waals surface area contributed by atoms with Crippen LogP contribution in [-0.2, 0) is 0 Å². The van der Waals surface area contributed by atoms with Crippen molar-refractivity contribution in [3.8, 4) is 0 Å². The molecule has 0 spiro atoms. The van der Waals surface area contributed by atoms with E-state index >= 15 is 0 Å². The predicted molar refractivity (Wildman–Crippen MR) is 61.5 cm³/mol. The molecule has 0 aromatic heterocycles. The Morgan fingerprint density at radius 2 is 2.00 bits per heavy atom. The Morgan fingerprint density at radius 1 is 1.36 bits per heavy atom. The lowest BCUT2D eigenvalue weighted by Crippen LogP contribution is -2.35. The fraction of sp³-hybridized carbons (Fsp3) is 0.125. The lowest BCUT2D eigenvalue weighted by Gasteiger charge is -2.11. The molecule has 0 saturated heterocycles. The molecule has 0 aliphatic carbocycles. The molecule has 4 nitrogen and oxygen atoms in total. The fourth-order valence-electron chi connectivity index (χ4n) is 1.02. The first-order valence-corrected chi connectivity index (χ1v) is 4.49. The number of rotatable bonds is 2. The van der Waals surface area contributed by atoms with Gasteiger partial charge < -0.3 is 20.7 Å². The van der Waals surface area contributed by atoms with Gasteiger partial charge in [-0.15, -0.1) is 0 Å². The summed E-state index contributed by atoms with van der Waals surface area (Å²) in [4.78, 5) is 0. The molecule has 0 bridgehead atoms. The molecule has 0 radical (unpaired) electrons. The van der Waals surface area contributed by atoms with E-state index in [1.54, 1.807) is 31.3 Å². The van der Waals surface area contributed by atoms with Crippen molar-refractivity contribution in [1.82, 2.24) is 5.32 Å². The van der Waals surface area contributed by atoms with E-state index in [0.29, 0.717) is 16.3 Å². The van der Waals surface area contributed by atoms with Gasteiger partial charge in [-0.05, 0) is 18.3 Å². The average molecular weight is 210 g/mol. The van der Waals surface area contributed by atoms with Crippen molar-refractivity contribution in [2.75, 3.05) is 12.4 Å². The van der Waals surface area contributed by atoms with Crippen LogP contribution in [0, 0.1) is 0 Å². The highest BCUT2D eigenvalue weighted by Gasteiger charge is 2.15. The molecule has 0 unspecified atom stereocenters. The van der Waals surface area contributed by atoms with Gasteiger partial charge in [0.05, 0.1) is 0 Å². The van der Waals surface area contributed by atoms with Gasteiger partial charge >= 0.3 is 7.12 Å². The monoisotopic (exact) mass is 210 g/mol. The Hall–Kier alpha value is -1.11. The fourth-order valence-corrected chi connectivity index (χ4v) is 1.13. The van der Waals surface area contributed by atoms with Gasteiger partial charge in [0.15, 0.2) is 5.11 Å². The van der Waals surface area contributed by atoms with E-state index in [4.69, 9.17) is 22.3 Å². The van der Waals surface area contributed by atoms with Gasteiger partial charge in [-0.1, -0.05) is 18.2 Å². The highest BCUT2D eigenvalue weighted by molar-refractivity contribution is 7.80. The van der Waals surface area contributed by atoms with E-state index in [1.165, 1.54) is 0 Å². The van der Waals surface area contributed by atoms with Crippen LogP contribution in [0.2, 0.25) is 0 Å². The van der Waals surface area contributed by atoms with Crippen LogP contribution in [0.5, 0.6) is 0 Å². The van der Waals surface area contributed by atoms with Gasteiger partial charge in [0.25, 0.3) is 0 Å². The topological polar surface area (TPSA) is 64.5 Å². The molecule has 1 rings (SSSR count). The van der Waals surface area contributed by atoms with Crippen LogP contribution in [0.3, 0.4) is 0 Å². The number of anilines is 1. The van der Waals surface area contributed by atoms with Gasteiger partial charge in [-0.2, -0.15) is 0 Å². The highest BCUT2D eigenvalue weighted by Crippen LogP contribution is 2.03. The number of para-hydroxylation sites is 1. The van der Waals surface area contributed by atoms with Gasteiger partial charge in [0.1, 0.15) is 0 Å². The Balaban J connectivity index is 2.90. The summed E-state index contributed by atoms with van der Waals surface area (Å²) in [6.07, 6.45) is 0. The summed E-state index contributed by atoms with van der Waals surface area (Å²) >= 11 is 4.90. The third-order valence-corrected chi connectivity index (χ3v) is 2.02. The van der Waals surface area contributed by atoms with E-state index < -0.39 is 7.12 Å². The molecule has 0 atom stereocenters. The molecule has 14 heavy (non-hydrogen) atoms. The molecule has 0 aliphatic rings. The molecular formula is C8H11BN2O2S. The zero-order chi connectivity index (χ0) is 10.6. The molecule has 4 N–H and O–H groups in total. The van der Waals surface area contributed by atoms with Crippen molar-refractivity contribution >= 4 is 35.6 Å². The second-order valence-electron chi connectivity index (χ2n) is 2.67. The minimum absolute atomic E-state index is 0.394. The highest BCUT2D eigenvalue weighted by atomic mass is 32.1. The van der Waals surface area contributed by atoms with Crippen molar-refractivity contribution in [1.29, 1.82) is 0 Å². The third-order valence-electron chi connectivity index (χ3n) is 1.71.